The lowest BCUT2D eigenvalue weighted by atomic mass is 10.1. The molecule has 0 spiro atoms. The molecule has 5 heteroatoms. The average molecular weight is 222 g/mol. The number of hydrogen-bond donors (Lipinski definition) is 1. The zero-order chi connectivity index (χ0) is 11.7. The summed E-state index contributed by atoms with van der Waals surface area (Å²) in [5.41, 5.74) is 5.58. The van der Waals surface area contributed by atoms with Crippen LogP contribution in [0.15, 0.2) is 18.2 Å². The number of para-hydroxylation sites is 1. The largest absolute Gasteiger partial charge is 0.397 e. The minimum absolute atomic E-state index is 0.101. The molecule has 84 valence electrons. The minimum atomic E-state index is -0.649. The molecule has 1 aliphatic rings. The van der Waals surface area contributed by atoms with Gasteiger partial charge in [-0.2, -0.15) is 0 Å². The third-order valence-electron chi connectivity index (χ3n) is 2.52. The summed E-state index contributed by atoms with van der Waals surface area (Å²) in [5.74, 6) is -1.44. The van der Waals surface area contributed by atoms with Crippen molar-refractivity contribution >= 4 is 23.2 Å². The zero-order valence-electron chi connectivity index (χ0n) is 8.57. The van der Waals surface area contributed by atoms with Crippen molar-refractivity contribution in [1.29, 1.82) is 0 Å². The number of benzene rings is 1. The van der Waals surface area contributed by atoms with Gasteiger partial charge in [0.15, 0.2) is 0 Å². The molecule has 0 aromatic heterocycles. The molecule has 0 radical (unpaired) electrons. The maximum Gasteiger partial charge on any atom is 0.233 e. The number of rotatable bonds is 1. The molecule has 1 aliphatic heterocycles. The summed E-state index contributed by atoms with van der Waals surface area (Å²) >= 11 is 0. The number of carbonyl (C=O) groups excluding carboxylic acids is 2. The van der Waals surface area contributed by atoms with E-state index in [-0.39, 0.29) is 24.2 Å². The van der Waals surface area contributed by atoms with Crippen LogP contribution in [0.2, 0.25) is 0 Å². The maximum absolute atomic E-state index is 13.6. The van der Waals surface area contributed by atoms with Crippen LogP contribution in [0.3, 0.4) is 0 Å². The van der Waals surface area contributed by atoms with Crippen molar-refractivity contribution in [3.05, 3.63) is 24.0 Å². The Morgan fingerprint density at radius 3 is 2.38 bits per heavy atom. The molecule has 16 heavy (non-hydrogen) atoms. The first kappa shape index (κ1) is 10.6. The number of hydrogen-bond acceptors (Lipinski definition) is 3. The molecule has 1 fully saturated rings. The quantitative estimate of drug-likeness (QED) is 0.577. The van der Waals surface area contributed by atoms with Gasteiger partial charge in [0.2, 0.25) is 11.8 Å². The molecule has 0 saturated carbocycles. The molecule has 2 amide bonds. The summed E-state index contributed by atoms with van der Waals surface area (Å²) in [6.07, 6.45) is 1.02. The summed E-state index contributed by atoms with van der Waals surface area (Å²) in [4.78, 5) is 24.0. The van der Waals surface area contributed by atoms with Crippen LogP contribution >= 0.6 is 0 Å². The van der Waals surface area contributed by atoms with Crippen LogP contribution < -0.4 is 10.6 Å². The number of halogens is 1. The first-order valence-electron chi connectivity index (χ1n) is 5.01. The van der Waals surface area contributed by atoms with E-state index in [9.17, 15) is 14.0 Å². The highest BCUT2D eigenvalue weighted by Gasteiger charge is 2.30. The van der Waals surface area contributed by atoms with E-state index in [2.05, 4.69) is 0 Å². The van der Waals surface area contributed by atoms with Gasteiger partial charge in [-0.3, -0.25) is 9.59 Å². The molecule has 0 unspecified atom stereocenters. The summed E-state index contributed by atoms with van der Waals surface area (Å²) in [7, 11) is 0. The molecule has 1 heterocycles. The molecule has 1 aromatic rings. The van der Waals surface area contributed by atoms with Crippen molar-refractivity contribution in [3.8, 4) is 0 Å². The maximum atomic E-state index is 13.6. The normalized spacial score (nSPS) is 16.7. The number of nitrogen functional groups attached to an aromatic ring is 1. The molecule has 1 saturated heterocycles. The summed E-state index contributed by atoms with van der Waals surface area (Å²) in [6.45, 7) is 0. The first-order chi connectivity index (χ1) is 7.61. The van der Waals surface area contributed by atoms with Gasteiger partial charge >= 0.3 is 0 Å². The van der Waals surface area contributed by atoms with Gasteiger partial charge in [-0.25, -0.2) is 9.29 Å². The van der Waals surface area contributed by atoms with Gasteiger partial charge in [-0.15, -0.1) is 0 Å². The van der Waals surface area contributed by atoms with E-state index in [1.54, 1.807) is 0 Å². The number of imide groups is 1. The van der Waals surface area contributed by atoms with E-state index in [0.29, 0.717) is 6.42 Å². The van der Waals surface area contributed by atoms with E-state index in [0.717, 1.165) is 4.90 Å². The second kappa shape index (κ2) is 3.92. The topological polar surface area (TPSA) is 63.4 Å². The monoisotopic (exact) mass is 222 g/mol. The lowest BCUT2D eigenvalue weighted by Crippen LogP contribution is -2.41. The van der Waals surface area contributed by atoms with Gasteiger partial charge in [0, 0.05) is 12.8 Å². The van der Waals surface area contributed by atoms with Crippen LogP contribution in [-0.4, -0.2) is 11.8 Å². The second-order valence-electron chi connectivity index (χ2n) is 3.65. The molecule has 4 nitrogen and oxygen atoms in total. The lowest BCUT2D eigenvalue weighted by Gasteiger charge is -2.26. The number of nitrogens with zero attached hydrogens (tertiary/aromatic N) is 1. The second-order valence-corrected chi connectivity index (χ2v) is 3.65. The molecule has 2 rings (SSSR count). The van der Waals surface area contributed by atoms with Gasteiger partial charge in [-0.05, 0) is 18.6 Å². The van der Waals surface area contributed by atoms with Crippen LogP contribution in [0.25, 0.3) is 0 Å². The molecule has 0 aliphatic carbocycles. The zero-order valence-corrected chi connectivity index (χ0v) is 8.57. The number of piperidine rings is 1. The van der Waals surface area contributed by atoms with Crippen LogP contribution in [0.4, 0.5) is 15.8 Å². The highest BCUT2D eigenvalue weighted by Crippen LogP contribution is 2.30. The highest BCUT2D eigenvalue weighted by molar-refractivity contribution is 6.17. The fourth-order valence-corrected chi connectivity index (χ4v) is 1.77. The minimum Gasteiger partial charge on any atom is -0.397 e. The van der Waals surface area contributed by atoms with Crippen molar-refractivity contribution in [3.63, 3.8) is 0 Å². The molecular weight excluding hydrogens is 211 g/mol. The van der Waals surface area contributed by atoms with Gasteiger partial charge < -0.3 is 5.73 Å². The van der Waals surface area contributed by atoms with Crippen molar-refractivity contribution in [1.82, 2.24) is 0 Å². The standard InChI is InChI=1S/C11H11FN2O2/c12-7-3-1-4-8(13)11(7)14-9(15)5-2-6-10(14)16/h1,3-4H,2,5-6,13H2. The van der Waals surface area contributed by atoms with Crippen molar-refractivity contribution in [2.75, 3.05) is 10.6 Å². The number of carbonyl (C=O) groups is 2. The Labute approximate surface area is 91.8 Å². The van der Waals surface area contributed by atoms with Crippen molar-refractivity contribution in [2.45, 2.75) is 19.3 Å². The van der Waals surface area contributed by atoms with E-state index >= 15 is 0 Å². The van der Waals surface area contributed by atoms with E-state index in [4.69, 9.17) is 5.73 Å². The van der Waals surface area contributed by atoms with E-state index < -0.39 is 17.6 Å². The third kappa shape index (κ3) is 1.64. The van der Waals surface area contributed by atoms with Crippen LogP contribution in [0.5, 0.6) is 0 Å². The Balaban J connectivity index is 2.49. The van der Waals surface area contributed by atoms with Crippen molar-refractivity contribution < 1.29 is 14.0 Å². The van der Waals surface area contributed by atoms with Gasteiger partial charge in [0.25, 0.3) is 0 Å². The predicted octanol–water partition coefficient (Wildman–Crippen LogP) is 1.45. The van der Waals surface area contributed by atoms with E-state index in [1.165, 1.54) is 18.2 Å². The summed E-state index contributed by atoms with van der Waals surface area (Å²) < 4.78 is 13.6. The molecule has 1 aromatic carbocycles. The lowest BCUT2D eigenvalue weighted by molar-refractivity contribution is -0.129. The van der Waals surface area contributed by atoms with Gasteiger partial charge in [0.1, 0.15) is 11.5 Å². The smallest absolute Gasteiger partial charge is 0.233 e. The first-order valence-corrected chi connectivity index (χ1v) is 5.01. The number of nitrogens with two attached hydrogens (primary N) is 1. The predicted molar refractivity (Wildman–Crippen MR) is 57.2 cm³/mol. The Kier molecular flexibility index (Phi) is 2.60. The fraction of sp³-hybridized carbons (Fsp3) is 0.273. The van der Waals surface area contributed by atoms with E-state index in [1.807, 2.05) is 0 Å². The molecule has 2 N–H and O–H groups in total. The van der Waals surface area contributed by atoms with Crippen LogP contribution in [0, 0.1) is 5.82 Å². The summed E-state index contributed by atoms with van der Waals surface area (Å²) in [6, 6.07) is 4.08. The Morgan fingerprint density at radius 1 is 1.19 bits per heavy atom. The highest BCUT2D eigenvalue weighted by atomic mass is 19.1. The van der Waals surface area contributed by atoms with Crippen LogP contribution in [0.1, 0.15) is 19.3 Å². The van der Waals surface area contributed by atoms with Crippen molar-refractivity contribution in [2.24, 2.45) is 0 Å². The van der Waals surface area contributed by atoms with Gasteiger partial charge in [-0.1, -0.05) is 6.07 Å². The number of amides is 2. The average Bonchev–Trinajstić information content (AvgIpc) is 2.21. The molecule has 0 atom stereocenters. The Hall–Kier alpha value is -1.91. The Bertz CT molecular complexity index is 423. The molecular formula is C11H11FN2O2. The fourth-order valence-electron chi connectivity index (χ4n) is 1.77. The third-order valence-corrected chi connectivity index (χ3v) is 2.52. The van der Waals surface area contributed by atoms with Crippen LogP contribution in [-0.2, 0) is 9.59 Å². The Morgan fingerprint density at radius 2 is 1.81 bits per heavy atom. The molecule has 0 bridgehead atoms. The number of anilines is 2. The van der Waals surface area contributed by atoms with Gasteiger partial charge in [0.05, 0.1) is 5.69 Å². The SMILES string of the molecule is Nc1cccc(F)c1N1C(=O)CCCC1=O. The summed E-state index contributed by atoms with van der Waals surface area (Å²) in [5, 5.41) is 0.